The van der Waals surface area contributed by atoms with E-state index in [0.29, 0.717) is 13.0 Å². The van der Waals surface area contributed by atoms with E-state index in [1.54, 1.807) is 6.07 Å². The number of aromatic nitrogens is 2. The zero-order valence-corrected chi connectivity index (χ0v) is 11.1. The molecule has 0 fully saturated rings. The second kappa shape index (κ2) is 5.84. The second-order valence-electron chi connectivity index (χ2n) is 4.72. The Morgan fingerprint density at radius 3 is 2.80 bits per heavy atom. The van der Waals surface area contributed by atoms with Crippen LogP contribution in [0.5, 0.6) is 0 Å². The summed E-state index contributed by atoms with van der Waals surface area (Å²) >= 11 is 0. The number of nitrogens with zero attached hydrogens (tertiary/aromatic N) is 2. The first-order valence-corrected chi connectivity index (χ1v) is 6.70. The Morgan fingerprint density at radius 2 is 1.95 bits per heavy atom. The molecular formula is C16H16FN3. The van der Waals surface area contributed by atoms with E-state index < -0.39 is 0 Å². The predicted molar refractivity (Wildman–Crippen MR) is 77.0 cm³/mol. The van der Waals surface area contributed by atoms with Crippen molar-refractivity contribution in [3.63, 3.8) is 0 Å². The van der Waals surface area contributed by atoms with E-state index in [1.165, 1.54) is 6.07 Å². The molecule has 0 saturated heterocycles. The van der Waals surface area contributed by atoms with E-state index in [0.717, 1.165) is 23.4 Å². The van der Waals surface area contributed by atoms with Crippen molar-refractivity contribution in [2.24, 2.45) is 0 Å². The molecule has 4 heteroatoms. The monoisotopic (exact) mass is 269 g/mol. The molecule has 0 unspecified atom stereocenters. The van der Waals surface area contributed by atoms with Crippen LogP contribution in [0.3, 0.4) is 0 Å². The Morgan fingerprint density at radius 1 is 1.10 bits per heavy atom. The first kappa shape index (κ1) is 12.8. The maximum Gasteiger partial charge on any atom is 0.137 e. The third kappa shape index (κ3) is 2.86. The average molecular weight is 269 g/mol. The zero-order chi connectivity index (χ0) is 13.8. The van der Waals surface area contributed by atoms with Gasteiger partial charge in [-0.25, -0.2) is 9.37 Å². The van der Waals surface area contributed by atoms with Crippen LogP contribution in [-0.2, 0) is 13.0 Å². The smallest absolute Gasteiger partial charge is 0.137 e. The number of hydrogen-bond acceptors (Lipinski definition) is 2. The van der Waals surface area contributed by atoms with E-state index in [1.807, 2.05) is 47.1 Å². The minimum absolute atomic E-state index is 0.137. The van der Waals surface area contributed by atoms with Gasteiger partial charge in [-0.05, 0) is 36.7 Å². The number of benzene rings is 1. The number of fused-ring (bicyclic) bond motifs is 1. The molecule has 0 atom stereocenters. The molecule has 0 radical (unpaired) electrons. The quantitative estimate of drug-likeness (QED) is 0.722. The summed E-state index contributed by atoms with van der Waals surface area (Å²) in [5.74, 6) is -0.137. The van der Waals surface area contributed by atoms with Gasteiger partial charge in [-0.3, -0.25) is 0 Å². The van der Waals surface area contributed by atoms with Crippen molar-refractivity contribution >= 4 is 5.65 Å². The van der Waals surface area contributed by atoms with E-state index in [9.17, 15) is 4.39 Å². The van der Waals surface area contributed by atoms with Crippen LogP contribution in [0.25, 0.3) is 5.65 Å². The standard InChI is InChI=1S/C16H16FN3/c17-15-6-2-1-5-13(15)8-9-18-11-14-12-20-10-4-3-7-16(20)19-14/h1-7,10,12,18H,8-9,11H2. The summed E-state index contributed by atoms with van der Waals surface area (Å²) in [6.07, 6.45) is 4.66. The summed E-state index contributed by atoms with van der Waals surface area (Å²) in [6.45, 7) is 1.42. The summed E-state index contributed by atoms with van der Waals surface area (Å²) in [5.41, 5.74) is 2.68. The molecular weight excluding hydrogens is 253 g/mol. The van der Waals surface area contributed by atoms with Gasteiger partial charge in [-0.2, -0.15) is 0 Å². The van der Waals surface area contributed by atoms with Gasteiger partial charge < -0.3 is 9.72 Å². The van der Waals surface area contributed by atoms with Gasteiger partial charge in [0.15, 0.2) is 0 Å². The number of halogens is 1. The average Bonchev–Trinajstić information content (AvgIpc) is 2.88. The molecule has 0 aliphatic heterocycles. The van der Waals surface area contributed by atoms with Crippen LogP contribution in [-0.4, -0.2) is 15.9 Å². The highest BCUT2D eigenvalue weighted by Gasteiger charge is 2.02. The summed E-state index contributed by atoms with van der Waals surface area (Å²) in [4.78, 5) is 4.50. The minimum Gasteiger partial charge on any atom is -0.311 e. The first-order valence-electron chi connectivity index (χ1n) is 6.70. The fourth-order valence-corrected chi connectivity index (χ4v) is 2.21. The second-order valence-corrected chi connectivity index (χ2v) is 4.72. The fourth-order valence-electron chi connectivity index (χ4n) is 2.21. The largest absolute Gasteiger partial charge is 0.311 e. The van der Waals surface area contributed by atoms with Gasteiger partial charge in [0.05, 0.1) is 5.69 Å². The highest BCUT2D eigenvalue weighted by molar-refractivity contribution is 5.39. The van der Waals surface area contributed by atoms with Crippen molar-refractivity contribution in [3.8, 4) is 0 Å². The molecule has 3 rings (SSSR count). The van der Waals surface area contributed by atoms with Crippen molar-refractivity contribution in [1.82, 2.24) is 14.7 Å². The van der Waals surface area contributed by atoms with Gasteiger partial charge in [-0.15, -0.1) is 0 Å². The summed E-state index contributed by atoms with van der Waals surface area (Å²) in [7, 11) is 0. The van der Waals surface area contributed by atoms with Gasteiger partial charge in [0.2, 0.25) is 0 Å². The van der Waals surface area contributed by atoms with Gasteiger partial charge in [0, 0.05) is 18.9 Å². The lowest BCUT2D eigenvalue weighted by molar-refractivity contribution is 0.597. The van der Waals surface area contributed by atoms with E-state index >= 15 is 0 Å². The molecule has 102 valence electrons. The van der Waals surface area contributed by atoms with Crippen LogP contribution in [0.15, 0.2) is 54.9 Å². The number of nitrogens with one attached hydrogen (secondary N) is 1. The maximum atomic E-state index is 13.4. The van der Waals surface area contributed by atoms with Crippen molar-refractivity contribution < 1.29 is 4.39 Å². The maximum absolute atomic E-state index is 13.4. The van der Waals surface area contributed by atoms with Crippen molar-refractivity contribution in [3.05, 3.63) is 71.9 Å². The molecule has 1 aromatic carbocycles. The molecule has 3 nitrogen and oxygen atoms in total. The van der Waals surface area contributed by atoms with Crippen LogP contribution < -0.4 is 5.32 Å². The normalized spacial score (nSPS) is 11.1. The van der Waals surface area contributed by atoms with Crippen LogP contribution in [0.1, 0.15) is 11.3 Å². The third-order valence-corrected chi connectivity index (χ3v) is 3.25. The van der Waals surface area contributed by atoms with E-state index in [4.69, 9.17) is 0 Å². The molecule has 0 amide bonds. The molecule has 2 heterocycles. The molecule has 0 saturated carbocycles. The Hall–Kier alpha value is -2.20. The molecule has 0 bridgehead atoms. The lowest BCUT2D eigenvalue weighted by Gasteiger charge is -2.04. The minimum atomic E-state index is -0.137. The SMILES string of the molecule is Fc1ccccc1CCNCc1cn2ccccc2n1. The van der Waals surface area contributed by atoms with Gasteiger partial charge in [0.25, 0.3) is 0 Å². The predicted octanol–water partition coefficient (Wildman–Crippen LogP) is 2.81. The van der Waals surface area contributed by atoms with Crippen LogP contribution in [0.2, 0.25) is 0 Å². The number of imidazole rings is 1. The van der Waals surface area contributed by atoms with E-state index in [-0.39, 0.29) is 5.82 Å². The number of hydrogen-bond donors (Lipinski definition) is 1. The highest BCUT2D eigenvalue weighted by atomic mass is 19.1. The first-order chi connectivity index (χ1) is 9.83. The van der Waals surface area contributed by atoms with Crippen LogP contribution in [0, 0.1) is 5.82 Å². The molecule has 20 heavy (non-hydrogen) atoms. The molecule has 2 aromatic heterocycles. The Balaban J connectivity index is 1.54. The highest BCUT2D eigenvalue weighted by Crippen LogP contribution is 2.07. The summed E-state index contributed by atoms with van der Waals surface area (Å²) < 4.78 is 15.4. The van der Waals surface area contributed by atoms with Gasteiger partial charge >= 0.3 is 0 Å². The number of pyridine rings is 1. The Kier molecular flexibility index (Phi) is 3.74. The van der Waals surface area contributed by atoms with Gasteiger partial charge in [0.1, 0.15) is 11.5 Å². The molecule has 0 aliphatic carbocycles. The van der Waals surface area contributed by atoms with Crippen molar-refractivity contribution in [2.75, 3.05) is 6.54 Å². The Bertz CT molecular complexity index is 673. The fraction of sp³-hybridized carbons (Fsp3) is 0.188. The van der Waals surface area contributed by atoms with Crippen molar-refractivity contribution in [2.45, 2.75) is 13.0 Å². The van der Waals surface area contributed by atoms with Crippen molar-refractivity contribution in [1.29, 1.82) is 0 Å². The molecule has 3 aromatic rings. The lowest BCUT2D eigenvalue weighted by atomic mass is 10.1. The zero-order valence-electron chi connectivity index (χ0n) is 11.1. The summed E-state index contributed by atoms with van der Waals surface area (Å²) in [6, 6.07) is 12.8. The molecule has 1 N–H and O–H groups in total. The molecule has 0 spiro atoms. The lowest BCUT2D eigenvalue weighted by Crippen LogP contribution is -2.17. The van der Waals surface area contributed by atoms with Crippen LogP contribution in [0.4, 0.5) is 4.39 Å². The Labute approximate surface area is 117 Å². The van der Waals surface area contributed by atoms with Gasteiger partial charge in [-0.1, -0.05) is 24.3 Å². The van der Waals surface area contributed by atoms with E-state index in [2.05, 4.69) is 10.3 Å². The number of rotatable bonds is 5. The topological polar surface area (TPSA) is 29.3 Å². The third-order valence-electron chi connectivity index (χ3n) is 3.25. The molecule has 0 aliphatic rings. The van der Waals surface area contributed by atoms with Crippen LogP contribution >= 0.6 is 0 Å². The summed E-state index contributed by atoms with van der Waals surface area (Å²) in [5, 5.41) is 3.30.